The van der Waals surface area contributed by atoms with Crippen molar-refractivity contribution in [3.63, 3.8) is 0 Å². The van der Waals surface area contributed by atoms with Crippen LogP contribution in [0, 0.1) is 0 Å². The molecule has 0 fully saturated rings. The Morgan fingerprint density at radius 2 is 2.27 bits per heavy atom. The van der Waals surface area contributed by atoms with E-state index in [1.165, 1.54) is 11.3 Å². The molecule has 0 spiro atoms. The lowest BCUT2D eigenvalue weighted by molar-refractivity contribution is -0.139. The summed E-state index contributed by atoms with van der Waals surface area (Å²) in [5.74, 6) is 3.31. The second-order valence-electron chi connectivity index (χ2n) is 2.92. The van der Waals surface area contributed by atoms with E-state index < -0.39 is 11.8 Å². The molecule has 1 atom stereocenters. The van der Waals surface area contributed by atoms with E-state index >= 15 is 0 Å². The standard InChI is InChI=1S/C9H13N3O2S/c1-2-6(7-4-3-5-15-7)11-8(13)9(14)12-10/h3-6H,2,10H2,1H3,(H,11,13)(H,12,14). The molecule has 0 bridgehead atoms. The molecule has 0 aromatic carbocycles. The van der Waals surface area contributed by atoms with Crippen molar-refractivity contribution >= 4 is 23.2 Å². The molecule has 1 aromatic rings. The SMILES string of the molecule is CCC(NC(=O)C(=O)NN)c1cccs1. The Bertz CT molecular complexity index is 337. The van der Waals surface area contributed by atoms with Crippen molar-refractivity contribution in [2.24, 2.45) is 5.84 Å². The van der Waals surface area contributed by atoms with Gasteiger partial charge < -0.3 is 5.32 Å². The molecule has 1 unspecified atom stereocenters. The van der Waals surface area contributed by atoms with Crippen LogP contribution in [0.2, 0.25) is 0 Å². The highest BCUT2D eigenvalue weighted by molar-refractivity contribution is 7.10. The number of hydrogen-bond donors (Lipinski definition) is 3. The normalized spacial score (nSPS) is 11.9. The van der Waals surface area contributed by atoms with Gasteiger partial charge in [0.15, 0.2) is 0 Å². The van der Waals surface area contributed by atoms with E-state index in [0.29, 0.717) is 0 Å². The van der Waals surface area contributed by atoms with Crippen LogP contribution in [-0.2, 0) is 9.59 Å². The number of rotatable bonds is 3. The van der Waals surface area contributed by atoms with Gasteiger partial charge in [-0.2, -0.15) is 0 Å². The summed E-state index contributed by atoms with van der Waals surface area (Å²) in [5.41, 5.74) is 1.79. The summed E-state index contributed by atoms with van der Waals surface area (Å²) in [6, 6.07) is 3.69. The fourth-order valence-electron chi connectivity index (χ4n) is 1.15. The largest absolute Gasteiger partial charge is 0.340 e. The van der Waals surface area contributed by atoms with Gasteiger partial charge in [0.1, 0.15) is 0 Å². The fourth-order valence-corrected chi connectivity index (χ4v) is 2.01. The van der Waals surface area contributed by atoms with Crippen LogP contribution in [0.5, 0.6) is 0 Å². The second kappa shape index (κ2) is 5.47. The number of hydrazine groups is 1. The minimum Gasteiger partial charge on any atom is -0.340 e. The Labute approximate surface area is 91.6 Å². The van der Waals surface area contributed by atoms with Crippen molar-refractivity contribution in [3.8, 4) is 0 Å². The van der Waals surface area contributed by atoms with Gasteiger partial charge in [-0.05, 0) is 17.9 Å². The Kier molecular flexibility index (Phi) is 4.26. The van der Waals surface area contributed by atoms with Crippen molar-refractivity contribution in [3.05, 3.63) is 22.4 Å². The molecular formula is C9H13N3O2S. The molecule has 0 radical (unpaired) electrons. The molecule has 15 heavy (non-hydrogen) atoms. The van der Waals surface area contributed by atoms with Crippen LogP contribution in [0.15, 0.2) is 17.5 Å². The van der Waals surface area contributed by atoms with Crippen molar-refractivity contribution in [2.45, 2.75) is 19.4 Å². The molecule has 0 aliphatic heterocycles. The third kappa shape index (κ3) is 3.03. The third-order valence-corrected chi connectivity index (χ3v) is 2.92. The van der Waals surface area contributed by atoms with Crippen LogP contribution in [0.1, 0.15) is 24.3 Å². The lowest BCUT2D eigenvalue weighted by Crippen LogP contribution is -2.44. The molecule has 1 aromatic heterocycles. The van der Waals surface area contributed by atoms with Gasteiger partial charge in [0.25, 0.3) is 0 Å². The van der Waals surface area contributed by atoms with E-state index in [1.54, 1.807) is 5.43 Å². The number of amides is 2. The number of hydrogen-bond acceptors (Lipinski definition) is 4. The number of thiophene rings is 1. The highest BCUT2D eigenvalue weighted by Crippen LogP contribution is 2.21. The average molecular weight is 227 g/mol. The molecule has 0 aliphatic rings. The van der Waals surface area contributed by atoms with E-state index in [-0.39, 0.29) is 6.04 Å². The molecule has 0 saturated heterocycles. The predicted molar refractivity (Wildman–Crippen MR) is 57.8 cm³/mol. The molecule has 2 amide bonds. The maximum Gasteiger partial charge on any atom is 0.323 e. The average Bonchev–Trinajstić information content (AvgIpc) is 2.77. The Morgan fingerprint density at radius 3 is 2.73 bits per heavy atom. The molecule has 6 heteroatoms. The quantitative estimate of drug-likeness (QED) is 0.300. The smallest absolute Gasteiger partial charge is 0.323 e. The first-order valence-corrected chi connectivity index (χ1v) is 5.41. The van der Waals surface area contributed by atoms with Gasteiger partial charge in [-0.3, -0.25) is 15.0 Å². The van der Waals surface area contributed by atoms with Crippen LogP contribution >= 0.6 is 11.3 Å². The van der Waals surface area contributed by atoms with Crippen LogP contribution in [0.4, 0.5) is 0 Å². The van der Waals surface area contributed by atoms with Gasteiger partial charge in [0.05, 0.1) is 6.04 Å². The van der Waals surface area contributed by atoms with Gasteiger partial charge in [-0.25, -0.2) is 5.84 Å². The summed E-state index contributed by atoms with van der Waals surface area (Å²) in [6.07, 6.45) is 0.726. The van der Waals surface area contributed by atoms with Crippen LogP contribution < -0.4 is 16.6 Å². The van der Waals surface area contributed by atoms with E-state index in [4.69, 9.17) is 5.84 Å². The molecule has 1 heterocycles. The summed E-state index contributed by atoms with van der Waals surface area (Å²) < 4.78 is 0. The Hall–Kier alpha value is -1.40. The highest BCUT2D eigenvalue weighted by Gasteiger charge is 2.18. The van der Waals surface area contributed by atoms with Gasteiger partial charge >= 0.3 is 11.8 Å². The van der Waals surface area contributed by atoms with E-state index in [2.05, 4.69) is 5.32 Å². The van der Waals surface area contributed by atoms with Crippen molar-refractivity contribution in [1.82, 2.24) is 10.7 Å². The van der Waals surface area contributed by atoms with Gasteiger partial charge in [-0.15, -0.1) is 11.3 Å². The summed E-state index contributed by atoms with van der Waals surface area (Å²) in [6.45, 7) is 1.94. The number of nitrogens with one attached hydrogen (secondary N) is 2. The Balaban J connectivity index is 2.62. The molecule has 4 N–H and O–H groups in total. The van der Waals surface area contributed by atoms with Crippen molar-refractivity contribution < 1.29 is 9.59 Å². The van der Waals surface area contributed by atoms with Gasteiger partial charge in [0, 0.05) is 4.88 Å². The predicted octanol–water partition coefficient (Wildman–Crippen LogP) is 0.305. The van der Waals surface area contributed by atoms with E-state index in [9.17, 15) is 9.59 Å². The molecule has 5 nitrogen and oxygen atoms in total. The fraction of sp³-hybridized carbons (Fsp3) is 0.333. The maximum absolute atomic E-state index is 11.2. The zero-order valence-electron chi connectivity index (χ0n) is 8.32. The lowest BCUT2D eigenvalue weighted by Gasteiger charge is -2.14. The van der Waals surface area contributed by atoms with Crippen LogP contribution in [-0.4, -0.2) is 11.8 Å². The maximum atomic E-state index is 11.2. The summed E-state index contributed by atoms with van der Waals surface area (Å²) in [5, 5.41) is 4.52. The molecule has 0 aliphatic carbocycles. The molecular weight excluding hydrogens is 214 g/mol. The number of nitrogens with two attached hydrogens (primary N) is 1. The monoisotopic (exact) mass is 227 g/mol. The van der Waals surface area contributed by atoms with Crippen LogP contribution in [0.25, 0.3) is 0 Å². The van der Waals surface area contributed by atoms with Crippen molar-refractivity contribution in [1.29, 1.82) is 0 Å². The third-order valence-electron chi connectivity index (χ3n) is 1.94. The number of carbonyl (C=O) groups excluding carboxylic acids is 2. The summed E-state index contributed by atoms with van der Waals surface area (Å²) in [4.78, 5) is 23.2. The van der Waals surface area contributed by atoms with E-state index in [1.807, 2.05) is 24.4 Å². The summed E-state index contributed by atoms with van der Waals surface area (Å²) in [7, 11) is 0. The van der Waals surface area contributed by atoms with Crippen LogP contribution in [0.3, 0.4) is 0 Å². The first-order valence-electron chi connectivity index (χ1n) is 4.53. The summed E-state index contributed by atoms with van der Waals surface area (Å²) >= 11 is 1.54. The highest BCUT2D eigenvalue weighted by atomic mass is 32.1. The van der Waals surface area contributed by atoms with E-state index in [0.717, 1.165) is 11.3 Å². The lowest BCUT2D eigenvalue weighted by atomic mass is 10.2. The Morgan fingerprint density at radius 1 is 1.53 bits per heavy atom. The van der Waals surface area contributed by atoms with Gasteiger partial charge in [-0.1, -0.05) is 13.0 Å². The topological polar surface area (TPSA) is 84.2 Å². The number of carbonyl (C=O) groups is 2. The molecule has 82 valence electrons. The minimum absolute atomic E-state index is 0.130. The first-order chi connectivity index (χ1) is 7.19. The molecule has 1 rings (SSSR count). The minimum atomic E-state index is -0.829. The zero-order chi connectivity index (χ0) is 11.3. The molecule has 0 saturated carbocycles. The van der Waals surface area contributed by atoms with Gasteiger partial charge in [0.2, 0.25) is 0 Å². The zero-order valence-corrected chi connectivity index (χ0v) is 9.14. The first kappa shape index (κ1) is 11.7. The second-order valence-corrected chi connectivity index (χ2v) is 3.90. The van der Waals surface area contributed by atoms with Crippen molar-refractivity contribution in [2.75, 3.05) is 0 Å².